The van der Waals surface area contributed by atoms with Gasteiger partial charge in [-0.25, -0.2) is 9.78 Å². The molecule has 0 unspecified atom stereocenters. The highest BCUT2D eigenvalue weighted by Gasteiger charge is 2.13. The molecule has 0 aliphatic carbocycles. The third-order valence-electron chi connectivity index (χ3n) is 1.40. The summed E-state index contributed by atoms with van der Waals surface area (Å²) in [6, 6.07) is 1.49. The van der Waals surface area contributed by atoms with Crippen molar-refractivity contribution in [3.63, 3.8) is 0 Å². The van der Waals surface area contributed by atoms with Crippen LogP contribution in [0.25, 0.3) is 0 Å². The van der Waals surface area contributed by atoms with Gasteiger partial charge in [0.15, 0.2) is 0 Å². The van der Waals surface area contributed by atoms with Crippen molar-refractivity contribution in [1.82, 2.24) is 4.98 Å². The van der Waals surface area contributed by atoms with Crippen LogP contribution in [0.4, 0.5) is 11.5 Å². The standard InChI is InChI=1S/C7H9N3O2/c1-12-7(11)5-4(8)2-3-10-6(5)9/h2-3H,1H3,(H4,8,9,10). The number of pyridine rings is 1. The lowest BCUT2D eigenvalue weighted by Gasteiger charge is -2.04. The largest absolute Gasteiger partial charge is 0.465 e. The number of anilines is 2. The van der Waals surface area contributed by atoms with Crippen LogP contribution in [0.3, 0.4) is 0 Å². The van der Waals surface area contributed by atoms with Crippen LogP contribution in [0.5, 0.6) is 0 Å². The van der Waals surface area contributed by atoms with Gasteiger partial charge in [0.25, 0.3) is 0 Å². The maximum absolute atomic E-state index is 11.0. The number of hydrogen-bond acceptors (Lipinski definition) is 5. The molecule has 12 heavy (non-hydrogen) atoms. The summed E-state index contributed by atoms with van der Waals surface area (Å²) in [5, 5.41) is 0. The molecule has 0 spiro atoms. The zero-order valence-corrected chi connectivity index (χ0v) is 6.57. The molecule has 0 amide bonds. The van der Waals surface area contributed by atoms with Crippen LogP contribution in [-0.4, -0.2) is 18.1 Å². The third kappa shape index (κ3) is 1.29. The fourth-order valence-corrected chi connectivity index (χ4v) is 0.818. The Morgan fingerprint density at radius 2 is 2.25 bits per heavy atom. The predicted octanol–water partition coefficient (Wildman–Crippen LogP) is 0.0326. The van der Waals surface area contributed by atoms with Crippen molar-refractivity contribution >= 4 is 17.5 Å². The van der Waals surface area contributed by atoms with Gasteiger partial charge >= 0.3 is 5.97 Å². The highest BCUT2D eigenvalue weighted by Crippen LogP contribution is 2.16. The topological polar surface area (TPSA) is 91.2 Å². The van der Waals surface area contributed by atoms with E-state index in [4.69, 9.17) is 11.5 Å². The lowest BCUT2D eigenvalue weighted by atomic mass is 10.2. The molecule has 0 aliphatic heterocycles. The van der Waals surface area contributed by atoms with Crippen molar-refractivity contribution in [3.05, 3.63) is 17.8 Å². The maximum Gasteiger partial charge on any atom is 0.343 e. The summed E-state index contributed by atoms with van der Waals surface area (Å²) in [5.74, 6) is -0.486. The molecule has 1 rings (SSSR count). The number of nitrogens with zero attached hydrogens (tertiary/aromatic N) is 1. The fourth-order valence-electron chi connectivity index (χ4n) is 0.818. The van der Waals surface area contributed by atoms with Crippen LogP contribution >= 0.6 is 0 Å². The number of ether oxygens (including phenoxy) is 1. The van der Waals surface area contributed by atoms with Gasteiger partial charge in [-0.3, -0.25) is 0 Å². The SMILES string of the molecule is COC(=O)c1c(N)ccnc1N. The van der Waals surface area contributed by atoms with E-state index in [1.54, 1.807) is 0 Å². The summed E-state index contributed by atoms with van der Waals surface area (Å²) in [7, 11) is 1.26. The molecule has 0 saturated heterocycles. The van der Waals surface area contributed by atoms with Gasteiger partial charge in [0.2, 0.25) is 0 Å². The third-order valence-corrected chi connectivity index (χ3v) is 1.40. The predicted molar refractivity (Wildman–Crippen MR) is 44.4 cm³/mol. The number of esters is 1. The Balaban J connectivity index is 3.21. The van der Waals surface area contributed by atoms with Gasteiger partial charge < -0.3 is 16.2 Å². The zero-order valence-electron chi connectivity index (χ0n) is 6.57. The van der Waals surface area contributed by atoms with Crippen LogP contribution in [0.15, 0.2) is 12.3 Å². The second-order valence-corrected chi connectivity index (χ2v) is 2.15. The van der Waals surface area contributed by atoms with E-state index in [2.05, 4.69) is 9.72 Å². The summed E-state index contributed by atoms with van der Waals surface area (Å²) in [6.07, 6.45) is 1.43. The summed E-state index contributed by atoms with van der Waals surface area (Å²) < 4.78 is 4.46. The molecule has 0 radical (unpaired) electrons. The lowest BCUT2D eigenvalue weighted by molar-refractivity contribution is 0.0603. The molecule has 0 bridgehead atoms. The second kappa shape index (κ2) is 3.08. The van der Waals surface area contributed by atoms with E-state index in [1.165, 1.54) is 19.4 Å². The highest BCUT2D eigenvalue weighted by atomic mass is 16.5. The first-order valence-corrected chi connectivity index (χ1v) is 3.25. The van der Waals surface area contributed by atoms with E-state index in [9.17, 15) is 4.79 Å². The van der Waals surface area contributed by atoms with Crippen LogP contribution in [0, 0.1) is 0 Å². The smallest absolute Gasteiger partial charge is 0.343 e. The Labute approximate surface area is 69.3 Å². The van der Waals surface area contributed by atoms with Crippen molar-refractivity contribution in [1.29, 1.82) is 0 Å². The van der Waals surface area contributed by atoms with Gasteiger partial charge in [0.05, 0.1) is 12.8 Å². The van der Waals surface area contributed by atoms with E-state index >= 15 is 0 Å². The molecular formula is C7H9N3O2. The van der Waals surface area contributed by atoms with Crippen LogP contribution in [0.1, 0.15) is 10.4 Å². The second-order valence-electron chi connectivity index (χ2n) is 2.15. The van der Waals surface area contributed by atoms with Crippen LogP contribution in [0.2, 0.25) is 0 Å². The number of carbonyl (C=O) groups excluding carboxylic acids is 1. The lowest BCUT2D eigenvalue weighted by Crippen LogP contribution is -2.10. The number of aromatic nitrogens is 1. The minimum Gasteiger partial charge on any atom is -0.465 e. The molecule has 0 saturated carbocycles. The van der Waals surface area contributed by atoms with E-state index in [-0.39, 0.29) is 17.1 Å². The molecule has 0 atom stereocenters. The zero-order chi connectivity index (χ0) is 9.14. The molecule has 64 valence electrons. The Kier molecular flexibility index (Phi) is 2.14. The molecule has 5 heteroatoms. The van der Waals surface area contributed by atoms with Gasteiger partial charge in [-0.1, -0.05) is 0 Å². The van der Waals surface area contributed by atoms with Gasteiger partial charge in [-0.15, -0.1) is 0 Å². The van der Waals surface area contributed by atoms with Crippen molar-refractivity contribution in [2.75, 3.05) is 18.6 Å². The molecule has 1 aromatic heterocycles. The number of hydrogen-bond donors (Lipinski definition) is 2. The first-order valence-electron chi connectivity index (χ1n) is 3.25. The quantitative estimate of drug-likeness (QED) is 0.576. The Morgan fingerprint density at radius 1 is 1.58 bits per heavy atom. The molecule has 1 aromatic rings. The van der Waals surface area contributed by atoms with Crippen LogP contribution < -0.4 is 11.5 Å². The summed E-state index contributed by atoms with van der Waals surface area (Å²) in [6.45, 7) is 0. The van der Waals surface area contributed by atoms with Gasteiger partial charge in [-0.05, 0) is 6.07 Å². The van der Waals surface area contributed by atoms with Crippen LogP contribution in [-0.2, 0) is 4.74 Å². The Bertz CT molecular complexity index is 291. The average molecular weight is 167 g/mol. The van der Waals surface area contributed by atoms with Gasteiger partial charge in [0, 0.05) is 6.20 Å². The minimum absolute atomic E-state index is 0.0850. The maximum atomic E-state index is 11.0. The molecule has 0 aromatic carbocycles. The van der Waals surface area contributed by atoms with Crippen molar-refractivity contribution < 1.29 is 9.53 Å². The van der Waals surface area contributed by atoms with E-state index in [0.717, 1.165) is 0 Å². The number of carbonyl (C=O) groups is 1. The molecule has 1 heterocycles. The molecule has 5 nitrogen and oxygen atoms in total. The van der Waals surface area contributed by atoms with Crippen molar-refractivity contribution in [2.45, 2.75) is 0 Å². The minimum atomic E-state index is -0.571. The van der Waals surface area contributed by atoms with Crippen molar-refractivity contribution in [3.8, 4) is 0 Å². The number of rotatable bonds is 1. The highest BCUT2D eigenvalue weighted by molar-refractivity contribution is 5.99. The normalized spacial score (nSPS) is 9.42. The Hall–Kier alpha value is -1.78. The summed E-state index contributed by atoms with van der Waals surface area (Å²) >= 11 is 0. The number of nitrogens with two attached hydrogens (primary N) is 2. The molecule has 0 aliphatic rings. The van der Waals surface area contributed by atoms with Gasteiger partial charge in [0.1, 0.15) is 11.4 Å². The fraction of sp³-hybridized carbons (Fsp3) is 0.143. The van der Waals surface area contributed by atoms with E-state index in [0.29, 0.717) is 0 Å². The first kappa shape index (κ1) is 8.32. The van der Waals surface area contributed by atoms with Crippen molar-refractivity contribution in [2.24, 2.45) is 0 Å². The summed E-state index contributed by atoms with van der Waals surface area (Å²) in [4.78, 5) is 14.7. The monoisotopic (exact) mass is 167 g/mol. The average Bonchev–Trinajstić information content (AvgIpc) is 2.03. The van der Waals surface area contributed by atoms with Gasteiger partial charge in [-0.2, -0.15) is 0 Å². The molecular weight excluding hydrogens is 158 g/mol. The molecule has 4 N–H and O–H groups in total. The van der Waals surface area contributed by atoms with E-state index < -0.39 is 5.97 Å². The number of methoxy groups -OCH3 is 1. The molecule has 0 fully saturated rings. The Morgan fingerprint density at radius 3 is 2.75 bits per heavy atom. The summed E-state index contributed by atoms with van der Waals surface area (Å²) in [5.41, 5.74) is 11.3. The van der Waals surface area contributed by atoms with E-state index in [1.807, 2.05) is 0 Å². The first-order chi connectivity index (χ1) is 5.66. The number of nitrogen functional groups attached to an aromatic ring is 2.